The van der Waals surface area contributed by atoms with Crippen LogP contribution in [0.25, 0.3) is 5.57 Å². The van der Waals surface area contributed by atoms with E-state index in [1.54, 1.807) is 6.07 Å². The largest absolute Gasteiger partial charge is 0.490 e. The quantitative estimate of drug-likeness (QED) is 0.193. The molecule has 10 heteroatoms. The van der Waals surface area contributed by atoms with Gasteiger partial charge in [0, 0.05) is 43.2 Å². The van der Waals surface area contributed by atoms with E-state index in [2.05, 4.69) is 15.5 Å². The van der Waals surface area contributed by atoms with E-state index in [1.165, 1.54) is 7.05 Å². The van der Waals surface area contributed by atoms with Gasteiger partial charge in [0.25, 0.3) is 0 Å². The van der Waals surface area contributed by atoms with E-state index in [-0.39, 0.29) is 25.7 Å². The molecule has 1 aliphatic heterocycles. The van der Waals surface area contributed by atoms with Crippen LogP contribution in [0.1, 0.15) is 47.1 Å². The molecule has 1 fully saturated rings. The Labute approximate surface area is 281 Å². The number of alkyl carbamates (subject to hydrolysis) is 1. The molecule has 3 aromatic carbocycles. The van der Waals surface area contributed by atoms with Crippen LogP contribution >= 0.6 is 11.6 Å². The maximum absolute atomic E-state index is 13.9. The van der Waals surface area contributed by atoms with Crippen molar-refractivity contribution in [2.45, 2.75) is 58.2 Å². The fourth-order valence-electron chi connectivity index (χ4n) is 6.13. The van der Waals surface area contributed by atoms with Crippen molar-refractivity contribution in [2.24, 2.45) is 0 Å². The normalized spacial score (nSPS) is 16.5. The van der Waals surface area contributed by atoms with Crippen LogP contribution in [-0.2, 0) is 22.5 Å². The molecule has 1 heterocycles. The van der Waals surface area contributed by atoms with Crippen LogP contribution in [0, 0.1) is 13.8 Å². The number of hydrogen-bond acceptors (Lipinski definition) is 7. The van der Waals surface area contributed by atoms with Gasteiger partial charge in [-0.1, -0.05) is 54.1 Å². The van der Waals surface area contributed by atoms with Crippen molar-refractivity contribution >= 4 is 29.2 Å². The highest BCUT2D eigenvalue weighted by Crippen LogP contribution is 2.38. The second-order valence-electron chi connectivity index (χ2n) is 12.0. The van der Waals surface area contributed by atoms with Crippen molar-refractivity contribution in [3.05, 3.63) is 99.1 Å². The summed E-state index contributed by atoms with van der Waals surface area (Å²) in [6.45, 7) is 5.97. The molecule has 0 bridgehead atoms. The summed E-state index contributed by atoms with van der Waals surface area (Å²) in [4.78, 5) is 27.6. The molecule has 3 N–H and O–H groups in total. The Bertz CT molecular complexity index is 1570. The highest BCUT2D eigenvalue weighted by atomic mass is 35.5. The Kier molecular flexibility index (Phi) is 11.8. The Morgan fingerprint density at radius 1 is 0.979 bits per heavy atom. The zero-order valence-electron chi connectivity index (χ0n) is 27.3. The van der Waals surface area contributed by atoms with Crippen molar-refractivity contribution in [1.82, 2.24) is 15.5 Å². The van der Waals surface area contributed by atoms with Gasteiger partial charge >= 0.3 is 6.09 Å². The molecule has 0 spiro atoms. The number of nitrogens with zero attached hydrogens (tertiary/aromatic N) is 1. The smallest absolute Gasteiger partial charge is 0.406 e. The minimum absolute atomic E-state index is 0.147. The first-order valence-electron chi connectivity index (χ1n) is 16.2. The van der Waals surface area contributed by atoms with E-state index in [1.807, 2.05) is 68.4 Å². The molecule has 0 aromatic heterocycles. The van der Waals surface area contributed by atoms with Crippen LogP contribution in [0.15, 0.2) is 66.2 Å². The van der Waals surface area contributed by atoms with Crippen LogP contribution in [0.3, 0.4) is 0 Å². The van der Waals surface area contributed by atoms with Gasteiger partial charge in [-0.15, -0.1) is 0 Å². The van der Waals surface area contributed by atoms with Crippen LogP contribution in [0.2, 0.25) is 5.02 Å². The van der Waals surface area contributed by atoms with Gasteiger partial charge in [0.05, 0.1) is 19.3 Å². The van der Waals surface area contributed by atoms with Crippen LogP contribution in [0.4, 0.5) is 4.79 Å². The molecule has 9 nitrogen and oxygen atoms in total. The van der Waals surface area contributed by atoms with Crippen LogP contribution < -0.4 is 20.1 Å². The molecule has 47 heavy (non-hydrogen) atoms. The van der Waals surface area contributed by atoms with E-state index < -0.39 is 12.1 Å². The molecule has 0 radical (unpaired) electrons. The summed E-state index contributed by atoms with van der Waals surface area (Å²) in [5.74, 6) is 1.38. The second kappa shape index (κ2) is 16.2. The molecule has 250 valence electrons. The Morgan fingerprint density at radius 3 is 2.38 bits per heavy atom. The number of aryl methyl sites for hydroxylation is 2. The van der Waals surface area contributed by atoms with Crippen molar-refractivity contribution < 1.29 is 28.9 Å². The number of hydrogen-bond donors (Lipinski definition) is 3. The Morgan fingerprint density at radius 2 is 1.70 bits per heavy atom. The van der Waals surface area contributed by atoms with Crippen LogP contribution in [-0.4, -0.2) is 74.1 Å². The maximum Gasteiger partial charge on any atom is 0.406 e. The molecule has 1 aliphatic carbocycles. The summed E-state index contributed by atoms with van der Waals surface area (Å²) in [6.07, 6.45) is 2.88. The van der Waals surface area contributed by atoms with Crippen molar-refractivity contribution in [3.8, 4) is 11.5 Å². The number of para-hydroxylation sites is 1. The third-order valence-electron chi connectivity index (χ3n) is 8.70. The predicted octanol–water partition coefficient (Wildman–Crippen LogP) is 5.61. The summed E-state index contributed by atoms with van der Waals surface area (Å²) < 4.78 is 17.0. The maximum atomic E-state index is 13.9. The number of amides is 2. The lowest BCUT2D eigenvalue weighted by Gasteiger charge is -2.38. The summed E-state index contributed by atoms with van der Waals surface area (Å²) in [6, 6.07) is 19.4. The molecular weight excluding hydrogens is 618 g/mol. The van der Waals surface area contributed by atoms with E-state index in [9.17, 15) is 14.7 Å². The number of nitrogens with one attached hydrogen (secondary N) is 2. The predicted molar refractivity (Wildman–Crippen MR) is 183 cm³/mol. The minimum Gasteiger partial charge on any atom is -0.490 e. The average molecular weight is 662 g/mol. The topological polar surface area (TPSA) is 109 Å². The van der Waals surface area contributed by atoms with Crippen LogP contribution in [0.5, 0.6) is 11.5 Å². The molecule has 0 saturated heterocycles. The molecular formula is C37H44ClN3O6. The lowest BCUT2D eigenvalue weighted by molar-refractivity contribution is -0.118. The van der Waals surface area contributed by atoms with Crippen molar-refractivity contribution in [2.75, 3.05) is 40.0 Å². The summed E-state index contributed by atoms with van der Waals surface area (Å²) in [5, 5.41) is 16.6. The number of halogens is 1. The minimum atomic E-state index is -0.484. The molecule has 2 aliphatic rings. The van der Waals surface area contributed by atoms with Gasteiger partial charge in [0.15, 0.2) is 0 Å². The van der Waals surface area contributed by atoms with Crippen molar-refractivity contribution in [1.29, 1.82) is 0 Å². The van der Waals surface area contributed by atoms with Gasteiger partial charge in [-0.3, -0.25) is 9.69 Å². The SMILES string of the molecule is CNC(=O)OCCc1ccc(Cl)c(CNC(=O)C2=C(c3ccc(OCCOc4c(C)cccc4C)cc3)CCN(C3CC3)C2CO)c1. The molecule has 1 atom stereocenters. The number of benzene rings is 3. The summed E-state index contributed by atoms with van der Waals surface area (Å²) >= 11 is 6.50. The van der Waals surface area contributed by atoms with Gasteiger partial charge in [-0.05, 0) is 84.7 Å². The van der Waals surface area contributed by atoms with Gasteiger partial charge in [-0.25, -0.2) is 4.79 Å². The zero-order chi connectivity index (χ0) is 33.3. The van der Waals surface area contributed by atoms with Gasteiger partial charge < -0.3 is 30.0 Å². The summed E-state index contributed by atoms with van der Waals surface area (Å²) in [5.41, 5.74) is 6.34. The second-order valence-corrected chi connectivity index (χ2v) is 12.4. The van der Waals surface area contributed by atoms with Crippen molar-refractivity contribution in [3.63, 3.8) is 0 Å². The first-order chi connectivity index (χ1) is 22.8. The molecule has 2 amide bonds. The van der Waals surface area contributed by atoms with E-state index >= 15 is 0 Å². The molecule has 1 saturated carbocycles. The van der Waals surface area contributed by atoms with E-state index in [0.717, 1.165) is 64.3 Å². The number of ether oxygens (including phenoxy) is 3. The Hall–Kier alpha value is -4.05. The number of aliphatic hydroxyl groups excluding tert-OH is 1. The Balaban J connectivity index is 1.28. The van der Waals surface area contributed by atoms with E-state index in [0.29, 0.717) is 42.7 Å². The zero-order valence-corrected chi connectivity index (χ0v) is 28.1. The lowest BCUT2D eigenvalue weighted by atomic mass is 9.87. The number of carbonyl (C=O) groups is 2. The average Bonchev–Trinajstić information content (AvgIpc) is 3.93. The monoisotopic (exact) mass is 661 g/mol. The third kappa shape index (κ3) is 8.86. The highest BCUT2D eigenvalue weighted by Gasteiger charge is 2.40. The molecule has 1 unspecified atom stereocenters. The molecule has 3 aromatic rings. The molecule has 5 rings (SSSR count). The number of carbonyl (C=O) groups excluding carboxylic acids is 2. The van der Waals surface area contributed by atoms with Gasteiger partial charge in [-0.2, -0.15) is 0 Å². The fourth-order valence-corrected chi connectivity index (χ4v) is 6.32. The van der Waals surface area contributed by atoms with Gasteiger partial charge in [0.1, 0.15) is 24.7 Å². The first-order valence-corrected chi connectivity index (χ1v) is 16.6. The number of rotatable bonds is 14. The van der Waals surface area contributed by atoms with E-state index in [4.69, 9.17) is 25.8 Å². The summed E-state index contributed by atoms with van der Waals surface area (Å²) in [7, 11) is 1.51. The fraction of sp³-hybridized carbons (Fsp3) is 0.405. The number of aliphatic hydroxyl groups is 1. The third-order valence-corrected chi connectivity index (χ3v) is 9.07. The lowest BCUT2D eigenvalue weighted by Crippen LogP contribution is -2.48. The highest BCUT2D eigenvalue weighted by molar-refractivity contribution is 6.31. The first kappa shape index (κ1) is 34.3. The standard InChI is InChI=1S/C37H44ClN3O6/c1-24-5-4-6-25(2)35(24)46-20-19-45-30-12-8-27(9-13-30)31-15-17-41(29-10-11-29)33(23-42)34(31)36(43)40-22-28-21-26(7-14-32(28)38)16-18-47-37(44)39-3/h4-9,12-14,21,29,33,42H,10-11,15-20,22-23H2,1-3H3,(H,39,44)(H,40,43). The van der Waals surface area contributed by atoms with Gasteiger partial charge in [0.2, 0.25) is 5.91 Å².